The molecular weight excluding hydrogens is 210 g/mol. The summed E-state index contributed by atoms with van der Waals surface area (Å²) in [5, 5.41) is 0. The highest BCUT2D eigenvalue weighted by molar-refractivity contribution is 7.89. The Morgan fingerprint density at radius 3 is 2.54 bits per heavy atom. The molecule has 0 atom stereocenters. The Morgan fingerprint density at radius 2 is 2.15 bits per heavy atom. The third-order valence-electron chi connectivity index (χ3n) is 1.61. The van der Waals surface area contributed by atoms with Crippen molar-refractivity contribution in [1.82, 2.24) is 4.31 Å². The Labute approximate surface area is 85.4 Å². The molecule has 0 aliphatic carbocycles. The number of nitrogens with zero attached hydrogens (tertiary/aromatic N) is 1. The summed E-state index contributed by atoms with van der Waals surface area (Å²) < 4.78 is 24.5. The SMILES string of the molecule is C=CCN(CC)S(=O)(=O)CCCCl. The predicted octanol–water partition coefficient (Wildman–Crippen LogP) is 1.45. The lowest BCUT2D eigenvalue weighted by Gasteiger charge is -2.17. The van der Waals surface area contributed by atoms with Crippen LogP contribution in [0.25, 0.3) is 0 Å². The highest BCUT2D eigenvalue weighted by Gasteiger charge is 2.17. The fourth-order valence-corrected chi connectivity index (χ4v) is 2.73. The van der Waals surface area contributed by atoms with Crippen LogP contribution in [0, 0.1) is 0 Å². The van der Waals surface area contributed by atoms with Crippen molar-refractivity contribution in [2.24, 2.45) is 0 Å². The van der Waals surface area contributed by atoms with Crippen LogP contribution >= 0.6 is 11.6 Å². The normalized spacial score (nSPS) is 11.9. The van der Waals surface area contributed by atoms with E-state index in [9.17, 15) is 8.42 Å². The molecule has 0 aromatic carbocycles. The minimum Gasteiger partial charge on any atom is -0.212 e. The summed E-state index contributed by atoms with van der Waals surface area (Å²) >= 11 is 5.43. The molecule has 13 heavy (non-hydrogen) atoms. The lowest BCUT2D eigenvalue weighted by Crippen LogP contribution is -2.33. The molecule has 0 aliphatic heterocycles. The topological polar surface area (TPSA) is 37.4 Å². The van der Waals surface area contributed by atoms with Crippen molar-refractivity contribution in [3.63, 3.8) is 0 Å². The predicted molar refractivity (Wildman–Crippen MR) is 56.6 cm³/mol. The van der Waals surface area contributed by atoms with E-state index in [1.165, 1.54) is 4.31 Å². The van der Waals surface area contributed by atoms with Crippen molar-refractivity contribution in [3.05, 3.63) is 12.7 Å². The van der Waals surface area contributed by atoms with E-state index < -0.39 is 10.0 Å². The molecule has 5 heteroatoms. The maximum atomic E-state index is 11.5. The van der Waals surface area contributed by atoms with Crippen molar-refractivity contribution < 1.29 is 8.42 Å². The fourth-order valence-electron chi connectivity index (χ4n) is 0.949. The van der Waals surface area contributed by atoms with Crippen LogP contribution in [0.5, 0.6) is 0 Å². The molecule has 0 radical (unpaired) electrons. The van der Waals surface area contributed by atoms with Gasteiger partial charge in [-0.2, -0.15) is 4.31 Å². The van der Waals surface area contributed by atoms with Gasteiger partial charge in [0.25, 0.3) is 0 Å². The molecule has 0 fully saturated rings. The number of hydrogen-bond donors (Lipinski definition) is 0. The van der Waals surface area contributed by atoms with Crippen LogP contribution in [-0.4, -0.2) is 37.4 Å². The summed E-state index contributed by atoms with van der Waals surface area (Å²) in [5.74, 6) is 0.503. The summed E-state index contributed by atoms with van der Waals surface area (Å²) in [4.78, 5) is 0. The number of rotatable bonds is 7. The van der Waals surface area contributed by atoms with Gasteiger partial charge in [0.15, 0.2) is 0 Å². The third-order valence-corrected chi connectivity index (χ3v) is 3.88. The van der Waals surface area contributed by atoms with Gasteiger partial charge in [0, 0.05) is 19.0 Å². The van der Waals surface area contributed by atoms with E-state index in [1.807, 2.05) is 6.92 Å². The van der Waals surface area contributed by atoms with Crippen LogP contribution < -0.4 is 0 Å². The summed E-state index contributed by atoms with van der Waals surface area (Å²) in [6.45, 7) is 6.18. The Morgan fingerprint density at radius 1 is 1.54 bits per heavy atom. The summed E-state index contributed by atoms with van der Waals surface area (Å²) in [5.41, 5.74) is 0. The Hall–Kier alpha value is -0.0600. The van der Waals surface area contributed by atoms with Crippen LogP contribution in [0.2, 0.25) is 0 Å². The number of likely N-dealkylation sites (N-methyl/N-ethyl adjacent to an activating group) is 1. The molecular formula is C8H16ClNO2S. The summed E-state index contributed by atoms with van der Waals surface area (Å²) in [6, 6.07) is 0. The minimum atomic E-state index is -3.12. The minimum absolute atomic E-state index is 0.123. The van der Waals surface area contributed by atoms with E-state index in [-0.39, 0.29) is 5.75 Å². The van der Waals surface area contributed by atoms with Gasteiger partial charge in [-0.3, -0.25) is 0 Å². The van der Waals surface area contributed by atoms with Crippen molar-refractivity contribution in [2.45, 2.75) is 13.3 Å². The van der Waals surface area contributed by atoms with Gasteiger partial charge in [0.2, 0.25) is 10.0 Å². The fraction of sp³-hybridized carbons (Fsp3) is 0.750. The molecule has 0 N–H and O–H groups in total. The van der Waals surface area contributed by atoms with E-state index in [4.69, 9.17) is 11.6 Å². The first-order valence-corrected chi connectivity index (χ1v) is 6.37. The molecule has 0 saturated carbocycles. The van der Waals surface area contributed by atoms with Crippen LogP contribution in [0.3, 0.4) is 0 Å². The quantitative estimate of drug-likeness (QED) is 0.486. The molecule has 0 aromatic rings. The van der Waals surface area contributed by atoms with Crippen LogP contribution in [-0.2, 0) is 10.0 Å². The molecule has 78 valence electrons. The molecule has 0 saturated heterocycles. The van der Waals surface area contributed by atoms with Gasteiger partial charge in [-0.25, -0.2) is 8.42 Å². The van der Waals surface area contributed by atoms with Gasteiger partial charge in [-0.1, -0.05) is 13.0 Å². The molecule has 0 aliphatic rings. The molecule has 0 spiro atoms. The van der Waals surface area contributed by atoms with Gasteiger partial charge < -0.3 is 0 Å². The van der Waals surface area contributed by atoms with Crippen molar-refractivity contribution >= 4 is 21.6 Å². The maximum Gasteiger partial charge on any atom is 0.214 e. The largest absolute Gasteiger partial charge is 0.214 e. The number of sulfonamides is 1. The van der Waals surface area contributed by atoms with Gasteiger partial charge in [-0.05, 0) is 6.42 Å². The van der Waals surface area contributed by atoms with Gasteiger partial charge in [0.1, 0.15) is 0 Å². The zero-order valence-corrected chi connectivity index (χ0v) is 9.44. The van der Waals surface area contributed by atoms with Crippen LogP contribution in [0.1, 0.15) is 13.3 Å². The second kappa shape index (κ2) is 6.40. The highest BCUT2D eigenvalue weighted by atomic mass is 35.5. The molecule has 0 bridgehead atoms. The number of alkyl halides is 1. The molecule has 0 aromatic heterocycles. The monoisotopic (exact) mass is 225 g/mol. The standard InChI is InChI=1S/C8H16ClNO2S/c1-3-7-10(4-2)13(11,12)8-5-6-9/h3H,1,4-8H2,2H3. The zero-order chi connectivity index (χ0) is 10.3. The average Bonchev–Trinajstić information content (AvgIpc) is 2.10. The first kappa shape index (κ1) is 12.9. The smallest absolute Gasteiger partial charge is 0.212 e. The molecule has 3 nitrogen and oxygen atoms in total. The van der Waals surface area contributed by atoms with E-state index in [2.05, 4.69) is 6.58 Å². The average molecular weight is 226 g/mol. The summed E-state index contributed by atoms with van der Waals surface area (Å²) in [6.07, 6.45) is 2.08. The van der Waals surface area contributed by atoms with E-state index >= 15 is 0 Å². The highest BCUT2D eigenvalue weighted by Crippen LogP contribution is 2.03. The maximum absolute atomic E-state index is 11.5. The van der Waals surface area contributed by atoms with Crippen LogP contribution in [0.4, 0.5) is 0 Å². The zero-order valence-electron chi connectivity index (χ0n) is 7.87. The first-order chi connectivity index (χ1) is 6.08. The number of halogens is 1. The molecule has 0 rings (SSSR count). The second-order valence-electron chi connectivity index (χ2n) is 2.60. The molecule has 0 amide bonds. The molecule has 0 heterocycles. The van der Waals surface area contributed by atoms with Crippen LogP contribution in [0.15, 0.2) is 12.7 Å². The van der Waals surface area contributed by atoms with Gasteiger partial charge >= 0.3 is 0 Å². The third kappa shape index (κ3) is 4.64. The van der Waals surface area contributed by atoms with Crippen molar-refractivity contribution in [2.75, 3.05) is 24.7 Å². The second-order valence-corrected chi connectivity index (χ2v) is 5.06. The lowest BCUT2D eigenvalue weighted by atomic mass is 10.6. The lowest BCUT2D eigenvalue weighted by molar-refractivity contribution is 0.459. The summed E-state index contributed by atoms with van der Waals surface area (Å²) in [7, 11) is -3.12. The molecule has 0 unspecified atom stereocenters. The van der Waals surface area contributed by atoms with E-state index in [1.54, 1.807) is 6.08 Å². The van der Waals surface area contributed by atoms with Crippen molar-refractivity contribution in [1.29, 1.82) is 0 Å². The Kier molecular flexibility index (Phi) is 6.37. The Balaban J connectivity index is 4.29. The number of hydrogen-bond acceptors (Lipinski definition) is 2. The van der Waals surface area contributed by atoms with Gasteiger partial charge in [-0.15, -0.1) is 18.2 Å². The Bertz CT molecular complexity index is 239. The van der Waals surface area contributed by atoms with Gasteiger partial charge in [0.05, 0.1) is 5.75 Å². The van der Waals surface area contributed by atoms with E-state index in [0.29, 0.717) is 25.4 Å². The van der Waals surface area contributed by atoms with Crippen molar-refractivity contribution in [3.8, 4) is 0 Å². The first-order valence-electron chi connectivity index (χ1n) is 4.23. The van der Waals surface area contributed by atoms with E-state index in [0.717, 1.165) is 0 Å².